The van der Waals surface area contributed by atoms with Gasteiger partial charge in [-0.05, 0) is 48.0 Å². The van der Waals surface area contributed by atoms with E-state index in [1.807, 2.05) is 36.4 Å². The summed E-state index contributed by atoms with van der Waals surface area (Å²) in [4.78, 5) is 11.7. The summed E-state index contributed by atoms with van der Waals surface area (Å²) in [7, 11) is 1.43. The second-order valence-corrected chi connectivity index (χ2v) is 7.44. The zero-order valence-corrected chi connectivity index (χ0v) is 15.0. The molecule has 0 bridgehead atoms. The highest BCUT2D eigenvalue weighted by molar-refractivity contribution is 8.23. The maximum atomic E-state index is 11.7. The van der Waals surface area contributed by atoms with E-state index in [9.17, 15) is 9.90 Å². The van der Waals surface area contributed by atoms with E-state index in [-0.39, 0.29) is 4.38 Å². The number of carboxylic acid groups (broad SMARTS) is 1. The second kappa shape index (κ2) is 7.34. The van der Waals surface area contributed by atoms with Crippen molar-refractivity contribution in [3.63, 3.8) is 0 Å². The number of thioether (sulfide) groups is 1. The predicted octanol–water partition coefficient (Wildman–Crippen LogP) is 4.97. The van der Waals surface area contributed by atoms with Gasteiger partial charge in [0, 0.05) is 5.02 Å². The highest BCUT2D eigenvalue weighted by atomic mass is 35.5. The lowest BCUT2D eigenvalue weighted by Crippen LogP contribution is -2.30. The second-order valence-electron chi connectivity index (χ2n) is 4.98. The molecule has 0 aliphatic heterocycles. The molecule has 1 N–H and O–H groups in total. The normalized spacial score (nSPS) is 13.2. The number of thiocarbonyl (C=S) groups is 1. The van der Waals surface area contributed by atoms with Crippen molar-refractivity contribution >= 4 is 45.9 Å². The van der Waals surface area contributed by atoms with Gasteiger partial charge < -0.3 is 9.84 Å². The molecule has 0 spiro atoms. The van der Waals surface area contributed by atoms with Gasteiger partial charge in [-0.25, -0.2) is 0 Å². The van der Waals surface area contributed by atoms with E-state index in [4.69, 9.17) is 28.6 Å². The van der Waals surface area contributed by atoms with Crippen LogP contribution in [0.3, 0.4) is 0 Å². The minimum absolute atomic E-state index is 0.191. The van der Waals surface area contributed by atoms with Gasteiger partial charge in [0.05, 0.1) is 7.11 Å². The van der Waals surface area contributed by atoms with Crippen molar-refractivity contribution in [2.45, 2.75) is 11.7 Å². The van der Waals surface area contributed by atoms with Crippen LogP contribution in [0.5, 0.6) is 0 Å². The molecular weight excluding hydrogens is 352 g/mol. The maximum absolute atomic E-state index is 11.7. The number of carbonyl (C=O) groups is 1. The molecule has 2 rings (SSSR count). The Morgan fingerprint density at radius 1 is 1.13 bits per heavy atom. The fourth-order valence-corrected chi connectivity index (χ4v) is 3.44. The number of ether oxygens (including phenoxy) is 1. The molecule has 120 valence electrons. The first-order valence-corrected chi connectivity index (χ1v) is 8.34. The van der Waals surface area contributed by atoms with Crippen molar-refractivity contribution in [2.75, 3.05) is 7.11 Å². The van der Waals surface area contributed by atoms with Crippen LogP contribution in [0, 0.1) is 0 Å². The van der Waals surface area contributed by atoms with Gasteiger partial charge in [-0.3, -0.25) is 4.79 Å². The van der Waals surface area contributed by atoms with Crippen molar-refractivity contribution in [3.8, 4) is 11.1 Å². The van der Waals surface area contributed by atoms with Gasteiger partial charge in [0.2, 0.25) is 4.38 Å². The van der Waals surface area contributed by atoms with E-state index in [2.05, 4.69) is 0 Å². The Kier molecular flexibility index (Phi) is 5.68. The van der Waals surface area contributed by atoms with Gasteiger partial charge in [0.1, 0.15) is 4.75 Å². The minimum Gasteiger partial charge on any atom is -0.482 e. The minimum atomic E-state index is -1.20. The van der Waals surface area contributed by atoms with Crippen LogP contribution in [0.4, 0.5) is 0 Å². The van der Waals surface area contributed by atoms with E-state index < -0.39 is 10.7 Å². The molecule has 1 unspecified atom stereocenters. The van der Waals surface area contributed by atoms with Gasteiger partial charge in [0.25, 0.3) is 0 Å². The number of hydrogen-bond acceptors (Lipinski definition) is 4. The van der Waals surface area contributed by atoms with Crippen LogP contribution in [0.25, 0.3) is 11.1 Å². The van der Waals surface area contributed by atoms with Crippen LogP contribution in [-0.2, 0) is 14.3 Å². The molecule has 6 heteroatoms. The summed E-state index contributed by atoms with van der Waals surface area (Å²) in [5, 5.41) is 10.3. The van der Waals surface area contributed by atoms with Crippen molar-refractivity contribution < 1.29 is 14.6 Å². The van der Waals surface area contributed by atoms with Crippen molar-refractivity contribution in [1.82, 2.24) is 0 Å². The standard InChI is InChI=1S/C17H15ClO3S2/c1-17(15(19)20,23-16(22)21-2)13-7-3-11(4-8-13)12-5-9-14(18)10-6-12/h3-10H,1-2H3,(H,19,20). The number of halogens is 1. The molecule has 0 fully saturated rings. The van der Waals surface area contributed by atoms with Gasteiger partial charge in [0.15, 0.2) is 0 Å². The molecule has 0 saturated heterocycles. The zero-order valence-electron chi connectivity index (χ0n) is 12.6. The summed E-state index contributed by atoms with van der Waals surface area (Å²) in [6.07, 6.45) is 0. The average molecular weight is 367 g/mol. The average Bonchev–Trinajstić information content (AvgIpc) is 2.55. The molecule has 0 heterocycles. The first-order valence-electron chi connectivity index (χ1n) is 6.73. The summed E-state index contributed by atoms with van der Waals surface area (Å²) in [5.74, 6) is -0.971. The zero-order chi connectivity index (χ0) is 17.0. The Morgan fingerprint density at radius 3 is 2.04 bits per heavy atom. The lowest BCUT2D eigenvalue weighted by molar-refractivity contribution is -0.139. The molecule has 0 radical (unpaired) electrons. The molecule has 2 aromatic rings. The van der Waals surface area contributed by atoms with Crippen molar-refractivity contribution in [3.05, 3.63) is 59.1 Å². The molecule has 0 aromatic heterocycles. The van der Waals surface area contributed by atoms with Crippen LogP contribution >= 0.6 is 35.6 Å². The summed E-state index contributed by atoms with van der Waals surface area (Å²) >= 11 is 11.9. The molecular formula is C17H15ClO3S2. The monoisotopic (exact) mass is 366 g/mol. The van der Waals surface area contributed by atoms with E-state index in [0.29, 0.717) is 10.6 Å². The van der Waals surface area contributed by atoms with Crippen LogP contribution in [0.2, 0.25) is 5.02 Å². The van der Waals surface area contributed by atoms with Crippen LogP contribution in [0.1, 0.15) is 12.5 Å². The number of methoxy groups -OCH3 is 1. The number of benzene rings is 2. The van der Waals surface area contributed by atoms with Gasteiger partial charge >= 0.3 is 5.97 Å². The quantitative estimate of drug-likeness (QED) is 0.774. The highest BCUT2D eigenvalue weighted by Crippen LogP contribution is 2.38. The topological polar surface area (TPSA) is 46.5 Å². The smallest absolute Gasteiger partial charge is 0.324 e. The molecule has 0 aliphatic carbocycles. The maximum Gasteiger partial charge on any atom is 0.324 e. The summed E-state index contributed by atoms with van der Waals surface area (Å²) in [6, 6.07) is 14.8. The fraction of sp³-hybridized carbons (Fsp3) is 0.176. The molecule has 2 aromatic carbocycles. The first kappa shape index (κ1) is 17.8. The molecule has 0 saturated carbocycles. The Morgan fingerprint density at radius 2 is 1.61 bits per heavy atom. The lowest BCUT2D eigenvalue weighted by atomic mass is 9.97. The van der Waals surface area contributed by atoms with E-state index in [1.165, 1.54) is 7.11 Å². The Bertz CT molecular complexity index is 714. The van der Waals surface area contributed by atoms with Gasteiger partial charge in [-0.1, -0.05) is 59.8 Å². The fourth-order valence-electron chi connectivity index (χ4n) is 2.06. The summed E-state index contributed by atoms with van der Waals surface area (Å²) in [6.45, 7) is 1.61. The van der Waals surface area contributed by atoms with E-state index in [1.54, 1.807) is 19.1 Å². The van der Waals surface area contributed by atoms with E-state index in [0.717, 1.165) is 22.9 Å². The third kappa shape index (κ3) is 4.05. The molecule has 3 nitrogen and oxygen atoms in total. The third-order valence-corrected chi connectivity index (χ3v) is 5.30. The lowest BCUT2D eigenvalue weighted by Gasteiger charge is -2.24. The largest absolute Gasteiger partial charge is 0.482 e. The van der Waals surface area contributed by atoms with E-state index >= 15 is 0 Å². The van der Waals surface area contributed by atoms with Crippen LogP contribution in [0.15, 0.2) is 48.5 Å². The Labute approximate surface area is 149 Å². The summed E-state index contributed by atoms with van der Waals surface area (Å²) < 4.78 is 3.93. The Balaban J connectivity index is 2.34. The van der Waals surface area contributed by atoms with Crippen molar-refractivity contribution in [2.24, 2.45) is 0 Å². The first-order chi connectivity index (χ1) is 10.9. The Hall–Kier alpha value is -1.56. The summed E-state index contributed by atoms with van der Waals surface area (Å²) in [5.41, 5.74) is 2.64. The number of carboxylic acids is 1. The number of aliphatic carboxylic acids is 1. The number of rotatable bonds is 4. The molecule has 1 atom stereocenters. The SMILES string of the molecule is COC(=S)SC(C)(C(=O)O)c1ccc(-c2ccc(Cl)cc2)cc1. The predicted molar refractivity (Wildman–Crippen MR) is 99.1 cm³/mol. The van der Waals surface area contributed by atoms with Gasteiger partial charge in [-0.2, -0.15) is 0 Å². The number of hydrogen-bond donors (Lipinski definition) is 1. The van der Waals surface area contributed by atoms with Crippen molar-refractivity contribution in [1.29, 1.82) is 0 Å². The molecule has 0 amide bonds. The van der Waals surface area contributed by atoms with Gasteiger partial charge in [-0.15, -0.1) is 0 Å². The molecule has 0 aliphatic rings. The van der Waals surface area contributed by atoms with Crippen LogP contribution in [-0.4, -0.2) is 22.6 Å². The highest BCUT2D eigenvalue weighted by Gasteiger charge is 2.38. The molecule has 23 heavy (non-hydrogen) atoms. The third-order valence-electron chi connectivity index (χ3n) is 3.48. The van der Waals surface area contributed by atoms with Crippen LogP contribution < -0.4 is 0 Å².